The van der Waals surface area contributed by atoms with Crippen molar-refractivity contribution in [3.63, 3.8) is 0 Å². The van der Waals surface area contributed by atoms with Crippen LogP contribution in [0, 0.1) is 0 Å². The molecule has 0 spiro atoms. The smallest absolute Gasteiger partial charge is 0.297 e. The molecular weight excluding hydrogens is 234 g/mol. The lowest BCUT2D eigenvalue weighted by atomic mass is 10.5. The molecule has 0 aliphatic heterocycles. The summed E-state index contributed by atoms with van der Waals surface area (Å²) in [6.07, 6.45) is 1.21. The Labute approximate surface area is 97.2 Å². The fourth-order valence-corrected chi connectivity index (χ4v) is 1.34. The van der Waals surface area contributed by atoms with E-state index in [-0.39, 0.29) is 23.4 Å². The molecule has 6 nitrogen and oxygen atoms in total. The maximum atomic E-state index is 11.7. The quantitative estimate of drug-likeness (QED) is 0.761. The average Bonchev–Trinajstić information content (AvgIpc) is 2.23. The van der Waals surface area contributed by atoms with Gasteiger partial charge in [-0.2, -0.15) is 0 Å². The predicted molar refractivity (Wildman–Crippen MR) is 58.7 cm³/mol. The van der Waals surface area contributed by atoms with Crippen molar-refractivity contribution in [1.82, 2.24) is 14.9 Å². The van der Waals surface area contributed by atoms with Gasteiger partial charge in [-0.25, -0.2) is 4.98 Å². The Morgan fingerprint density at radius 1 is 1.69 bits per heavy atom. The van der Waals surface area contributed by atoms with Crippen LogP contribution in [0.4, 0.5) is 0 Å². The van der Waals surface area contributed by atoms with E-state index in [9.17, 15) is 9.59 Å². The zero-order valence-electron chi connectivity index (χ0n) is 8.99. The van der Waals surface area contributed by atoms with E-state index >= 15 is 0 Å². The topological polar surface area (TPSA) is 73.2 Å². The highest BCUT2D eigenvalue weighted by atomic mass is 35.5. The Morgan fingerprint density at radius 3 is 2.94 bits per heavy atom. The van der Waals surface area contributed by atoms with Crippen LogP contribution < -0.4 is 15.6 Å². The van der Waals surface area contributed by atoms with E-state index in [0.29, 0.717) is 6.54 Å². The van der Waals surface area contributed by atoms with Crippen LogP contribution in [-0.4, -0.2) is 29.1 Å². The largest absolute Gasteiger partial charge is 0.489 e. The van der Waals surface area contributed by atoms with Crippen LogP contribution in [0.3, 0.4) is 0 Å². The van der Waals surface area contributed by atoms with Gasteiger partial charge in [-0.3, -0.25) is 14.2 Å². The maximum absolute atomic E-state index is 11.7. The molecule has 0 saturated heterocycles. The minimum atomic E-state index is -0.478. The van der Waals surface area contributed by atoms with Crippen molar-refractivity contribution < 1.29 is 9.53 Å². The van der Waals surface area contributed by atoms with Crippen molar-refractivity contribution in [2.45, 2.75) is 13.5 Å². The van der Waals surface area contributed by atoms with Gasteiger partial charge in [-0.05, 0) is 6.92 Å². The number of carbonyl (C=O) groups is 1. The standard InChI is InChI=1S/C9H12ClN3O3/c1-3-11-6(14)4-13-5-12-8(10)7(16-2)9(13)15/h5H,3-4H2,1-2H3,(H,11,14). The van der Waals surface area contributed by atoms with Crippen LogP contribution in [0.1, 0.15) is 6.92 Å². The number of halogens is 1. The van der Waals surface area contributed by atoms with Crippen molar-refractivity contribution in [1.29, 1.82) is 0 Å². The molecule has 0 saturated carbocycles. The summed E-state index contributed by atoms with van der Waals surface area (Å²) in [6, 6.07) is 0. The number of likely N-dealkylation sites (N-methyl/N-ethyl adjacent to an activating group) is 1. The van der Waals surface area contributed by atoms with Crippen molar-refractivity contribution in [3.8, 4) is 5.75 Å². The fourth-order valence-electron chi connectivity index (χ4n) is 1.14. The zero-order chi connectivity index (χ0) is 12.1. The van der Waals surface area contributed by atoms with E-state index in [4.69, 9.17) is 16.3 Å². The summed E-state index contributed by atoms with van der Waals surface area (Å²) >= 11 is 5.65. The van der Waals surface area contributed by atoms with Gasteiger partial charge in [-0.15, -0.1) is 0 Å². The number of nitrogens with one attached hydrogen (secondary N) is 1. The Balaban J connectivity index is 2.98. The van der Waals surface area contributed by atoms with Crippen LogP contribution >= 0.6 is 11.6 Å². The van der Waals surface area contributed by atoms with Gasteiger partial charge in [0.1, 0.15) is 6.54 Å². The number of amides is 1. The minimum Gasteiger partial charge on any atom is -0.489 e. The van der Waals surface area contributed by atoms with E-state index in [1.54, 1.807) is 6.92 Å². The zero-order valence-corrected chi connectivity index (χ0v) is 9.74. The fraction of sp³-hybridized carbons (Fsp3) is 0.444. The molecule has 7 heteroatoms. The first kappa shape index (κ1) is 12.5. The van der Waals surface area contributed by atoms with E-state index in [2.05, 4.69) is 10.3 Å². The number of aromatic nitrogens is 2. The summed E-state index contributed by atoms with van der Waals surface area (Å²) in [6.45, 7) is 2.19. The Morgan fingerprint density at radius 2 is 2.38 bits per heavy atom. The third-order valence-electron chi connectivity index (χ3n) is 1.84. The van der Waals surface area contributed by atoms with Crippen LogP contribution in [0.5, 0.6) is 5.75 Å². The van der Waals surface area contributed by atoms with Crippen LogP contribution in [0.15, 0.2) is 11.1 Å². The molecule has 16 heavy (non-hydrogen) atoms. The number of nitrogens with zero attached hydrogens (tertiary/aromatic N) is 2. The predicted octanol–water partition coefficient (Wildman–Crippen LogP) is 0.0414. The monoisotopic (exact) mass is 245 g/mol. The average molecular weight is 246 g/mol. The molecule has 0 radical (unpaired) electrons. The van der Waals surface area contributed by atoms with Gasteiger partial charge in [0.05, 0.1) is 13.4 Å². The summed E-state index contributed by atoms with van der Waals surface area (Å²) in [4.78, 5) is 26.7. The van der Waals surface area contributed by atoms with Crippen molar-refractivity contribution in [2.24, 2.45) is 0 Å². The molecule has 0 unspecified atom stereocenters. The number of hydrogen-bond donors (Lipinski definition) is 1. The molecule has 1 amide bonds. The molecule has 1 aromatic rings. The van der Waals surface area contributed by atoms with Gasteiger partial charge in [0.2, 0.25) is 11.7 Å². The second-order valence-electron chi connectivity index (χ2n) is 2.96. The molecule has 0 fully saturated rings. The van der Waals surface area contributed by atoms with E-state index in [1.165, 1.54) is 13.4 Å². The summed E-state index contributed by atoms with van der Waals surface area (Å²) < 4.78 is 5.93. The summed E-state index contributed by atoms with van der Waals surface area (Å²) in [5.74, 6) is -0.329. The summed E-state index contributed by atoms with van der Waals surface area (Å²) in [5.41, 5.74) is -0.478. The van der Waals surface area contributed by atoms with Gasteiger partial charge >= 0.3 is 0 Å². The molecule has 0 aliphatic rings. The van der Waals surface area contributed by atoms with Crippen molar-refractivity contribution in [2.75, 3.05) is 13.7 Å². The first-order valence-corrected chi connectivity index (χ1v) is 5.03. The number of ether oxygens (including phenoxy) is 1. The lowest BCUT2D eigenvalue weighted by Gasteiger charge is -2.07. The highest BCUT2D eigenvalue weighted by molar-refractivity contribution is 6.30. The minimum absolute atomic E-state index is 0.0142. The van der Waals surface area contributed by atoms with Crippen LogP contribution in [0.25, 0.3) is 0 Å². The van der Waals surface area contributed by atoms with Gasteiger partial charge in [-0.1, -0.05) is 11.6 Å². The third-order valence-corrected chi connectivity index (χ3v) is 2.11. The van der Waals surface area contributed by atoms with E-state index in [1.807, 2.05) is 0 Å². The molecule has 0 bridgehead atoms. The van der Waals surface area contributed by atoms with Gasteiger partial charge in [0.15, 0.2) is 5.15 Å². The Bertz CT molecular complexity index is 444. The molecular formula is C9H12ClN3O3. The van der Waals surface area contributed by atoms with E-state index < -0.39 is 5.56 Å². The number of hydrogen-bond acceptors (Lipinski definition) is 4. The molecule has 1 rings (SSSR count). The van der Waals surface area contributed by atoms with Crippen molar-refractivity contribution >= 4 is 17.5 Å². The van der Waals surface area contributed by atoms with Gasteiger partial charge in [0.25, 0.3) is 5.56 Å². The SMILES string of the molecule is CCNC(=O)Cn1cnc(Cl)c(OC)c1=O. The molecule has 0 aromatic carbocycles. The molecule has 1 heterocycles. The highest BCUT2D eigenvalue weighted by Gasteiger charge is 2.11. The molecule has 1 aromatic heterocycles. The van der Waals surface area contributed by atoms with Crippen molar-refractivity contribution in [3.05, 3.63) is 21.8 Å². The Kier molecular flexibility index (Phi) is 4.30. The molecule has 1 N–H and O–H groups in total. The molecule has 0 atom stereocenters. The number of rotatable bonds is 4. The first-order valence-electron chi connectivity index (χ1n) is 4.65. The maximum Gasteiger partial charge on any atom is 0.297 e. The summed E-state index contributed by atoms with van der Waals surface area (Å²) in [5, 5.41) is 2.56. The van der Waals surface area contributed by atoms with Crippen LogP contribution in [-0.2, 0) is 11.3 Å². The highest BCUT2D eigenvalue weighted by Crippen LogP contribution is 2.14. The van der Waals surface area contributed by atoms with Gasteiger partial charge in [0, 0.05) is 6.54 Å². The second-order valence-corrected chi connectivity index (χ2v) is 3.31. The lowest BCUT2D eigenvalue weighted by molar-refractivity contribution is -0.121. The summed E-state index contributed by atoms with van der Waals surface area (Å²) in [7, 11) is 1.32. The normalized spacial score (nSPS) is 9.94. The molecule has 88 valence electrons. The second kappa shape index (κ2) is 5.50. The number of carbonyl (C=O) groups excluding carboxylic acids is 1. The first-order chi connectivity index (χ1) is 7.60. The lowest BCUT2D eigenvalue weighted by Crippen LogP contribution is -2.32. The van der Waals surface area contributed by atoms with Gasteiger partial charge < -0.3 is 10.1 Å². The number of methoxy groups -OCH3 is 1. The van der Waals surface area contributed by atoms with Crippen LogP contribution in [0.2, 0.25) is 5.15 Å². The Hall–Kier alpha value is -1.56. The van der Waals surface area contributed by atoms with E-state index in [0.717, 1.165) is 4.57 Å². The molecule has 0 aliphatic carbocycles. The third kappa shape index (κ3) is 2.73.